The zero-order valence-electron chi connectivity index (χ0n) is 11.2. The van der Waals surface area contributed by atoms with Crippen LogP contribution in [0.5, 0.6) is 0 Å². The van der Waals surface area contributed by atoms with Gasteiger partial charge in [0.2, 0.25) is 0 Å². The molecule has 0 spiro atoms. The summed E-state index contributed by atoms with van der Waals surface area (Å²) in [5.74, 6) is 0. The molecule has 1 heterocycles. The molecule has 0 bridgehead atoms. The van der Waals surface area contributed by atoms with E-state index in [9.17, 15) is 4.79 Å². The Morgan fingerprint density at radius 2 is 1.95 bits per heavy atom. The molecular formula is C13H16N4O2. The summed E-state index contributed by atoms with van der Waals surface area (Å²) in [6, 6.07) is 7.59. The lowest BCUT2D eigenvalue weighted by Gasteiger charge is -1.96. The molecule has 100 valence electrons. The molecule has 6 nitrogen and oxygen atoms in total. The van der Waals surface area contributed by atoms with E-state index in [-0.39, 0.29) is 11.2 Å². The predicted octanol–water partition coefficient (Wildman–Crippen LogP) is 2.58. The molecule has 0 aliphatic carbocycles. The molecule has 0 unspecified atom stereocenters. The topological polar surface area (TPSA) is 71.7 Å². The summed E-state index contributed by atoms with van der Waals surface area (Å²) in [5.41, 5.74) is 2.53. The van der Waals surface area contributed by atoms with Gasteiger partial charge in [0.15, 0.2) is 5.69 Å². The van der Waals surface area contributed by atoms with Gasteiger partial charge in [0.1, 0.15) is 0 Å². The number of nitrogens with zero attached hydrogens (tertiary/aromatic N) is 3. The Labute approximate surface area is 110 Å². The van der Waals surface area contributed by atoms with E-state index in [0.717, 1.165) is 5.56 Å². The molecule has 0 saturated carbocycles. The number of benzene rings is 1. The summed E-state index contributed by atoms with van der Waals surface area (Å²) in [5, 5.41) is 11.0. The Bertz CT molecular complexity index is 638. The predicted molar refractivity (Wildman–Crippen MR) is 72.1 cm³/mol. The van der Waals surface area contributed by atoms with Crippen LogP contribution in [0.15, 0.2) is 39.3 Å². The van der Waals surface area contributed by atoms with Crippen LogP contribution in [0.2, 0.25) is 0 Å². The highest BCUT2D eigenvalue weighted by molar-refractivity contribution is 5.42. The van der Waals surface area contributed by atoms with Gasteiger partial charge in [0, 0.05) is 14.2 Å². The average molecular weight is 260 g/mol. The van der Waals surface area contributed by atoms with Crippen LogP contribution in [0.25, 0.3) is 0 Å². The van der Waals surface area contributed by atoms with E-state index in [4.69, 9.17) is 4.74 Å². The van der Waals surface area contributed by atoms with Crippen LogP contribution in [0.4, 0.5) is 11.4 Å². The fraction of sp³-hybridized carbons (Fsp3) is 0.308. The van der Waals surface area contributed by atoms with Crippen molar-refractivity contribution >= 4 is 11.4 Å². The van der Waals surface area contributed by atoms with Crippen molar-refractivity contribution in [1.29, 1.82) is 0 Å². The van der Waals surface area contributed by atoms with Gasteiger partial charge in [-0.3, -0.25) is 14.6 Å². The van der Waals surface area contributed by atoms with Crippen molar-refractivity contribution in [2.24, 2.45) is 17.3 Å². The number of H-pyrrole nitrogens is 1. The van der Waals surface area contributed by atoms with Gasteiger partial charge >= 0.3 is 0 Å². The number of rotatable bonds is 4. The first-order chi connectivity index (χ1) is 9.11. The molecular weight excluding hydrogens is 244 g/mol. The molecule has 0 aliphatic rings. The molecule has 0 aliphatic heterocycles. The van der Waals surface area contributed by atoms with E-state index in [0.29, 0.717) is 18.0 Å². The Morgan fingerprint density at radius 3 is 2.58 bits per heavy atom. The van der Waals surface area contributed by atoms with Gasteiger partial charge in [-0.15, -0.1) is 5.11 Å². The second-order valence-electron chi connectivity index (χ2n) is 4.27. The minimum atomic E-state index is -0.220. The van der Waals surface area contributed by atoms with Gasteiger partial charge in [-0.05, 0) is 19.1 Å². The summed E-state index contributed by atoms with van der Waals surface area (Å²) < 4.78 is 6.38. The Hall–Kier alpha value is -2.21. The van der Waals surface area contributed by atoms with Crippen molar-refractivity contribution in [2.75, 3.05) is 7.11 Å². The van der Waals surface area contributed by atoms with Crippen LogP contribution in [-0.2, 0) is 18.4 Å². The second kappa shape index (κ2) is 5.62. The zero-order chi connectivity index (χ0) is 13.8. The van der Waals surface area contributed by atoms with Gasteiger partial charge in [0.25, 0.3) is 5.56 Å². The largest absolute Gasteiger partial charge is 0.378 e. The van der Waals surface area contributed by atoms with E-state index >= 15 is 0 Å². The molecule has 0 amide bonds. The maximum absolute atomic E-state index is 11.9. The SMILES string of the molecule is COCc1[nH]n(C)c(=O)c1N=Nc1ccc(C)cc1. The van der Waals surface area contributed by atoms with Crippen molar-refractivity contribution in [2.45, 2.75) is 13.5 Å². The summed E-state index contributed by atoms with van der Waals surface area (Å²) in [6.07, 6.45) is 0. The van der Waals surface area contributed by atoms with Crippen LogP contribution in [0.1, 0.15) is 11.3 Å². The van der Waals surface area contributed by atoms with Crippen molar-refractivity contribution in [3.63, 3.8) is 0 Å². The quantitative estimate of drug-likeness (QED) is 0.858. The number of azo groups is 1. The first-order valence-electron chi connectivity index (χ1n) is 5.87. The van der Waals surface area contributed by atoms with Crippen LogP contribution < -0.4 is 5.56 Å². The highest BCUT2D eigenvalue weighted by atomic mass is 16.5. The monoisotopic (exact) mass is 260 g/mol. The van der Waals surface area contributed by atoms with E-state index < -0.39 is 0 Å². The summed E-state index contributed by atoms with van der Waals surface area (Å²) in [6.45, 7) is 2.29. The maximum atomic E-state index is 11.9. The van der Waals surface area contributed by atoms with E-state index in [2.05, 4.69) is 15.3 Å². The maximum Gasteiger partial charge on any atom is 0.294 e. The van der Waals surface area contributed by atoms with E-state index in [1.807, 2.05) is 31.2 Å². The Kier molecular flexibility index (Phi) is 3.91. The molecule has 1 N–H and O–H groups in total. The number of aromatic nitrogens is 2. The number of aromatic amines is 1. The van der Waals surface area contributed by atoms with Crippen molar-refractivity contribution in [1.82, 2.24) is 9.78 Å². The molecule has 6 heteroatoms. The second-order valence-corrected chi connectivity index (χ2v) is 4.27. The highest BCUT2D eigenvalue weighted by Crippen LogP contribution is 2.18. The van der Waals surface area contributed by atoms with Crippen LogP contribution >= 0.6 is 0 Å². The number of hydrogen-bond acceptors (Lipinski definition) is 4. The molecule has 1 aromatic carbocycles. The molecule has 2 rings (SSSR count). The number of ether oxygens (including phenoxy) is 1. The number of aryl methyl sites for hydroxylation is 2. The van der Waals surface area contributed by atoms with Crippen LogP contribution in [0, 0.1) is 6.92 Å². The molecule has 0 radical (unpaired) electrons. The summed E-state index contributed by atoms with van der Waals surface area (Å²) in [7, 11) is 3.19. The van der Waals surface area contributed by atoms with E-state index in [1.54, 1.807) is 14.2 Å². The molecule has 19 heavy (non-hydrogen) atoms. The van der Waals surface area contributed by atoms with Gasteiger partial charge in [-0.1, -0.05) is 17.7 Å². The standard InChI is InChI=1S/C13H16N4O2/c1-9-4-6-10(7-5-9)14-15-12-11(8-19-3)16-17(2)13(12)18/h4-7,16H,8H2,1-3H3. The lowest BCUT2D eigenvalue weighted by Crippen LogP contribution is -2.10. The third-order valence-electron chi connectivity index (χ3n) is 2.68. The number of hydrogen-bond donors (Lipinski definition) is 1. The van der Waals surface area contributed by atoms with Crippen molar-refractivity contribution < 1.29 is 4.74 Å². The lowest BCUT2D eigenvalue weighted by molar-refractivity contribution is 0.181. The van der Waals surface area contributed by atoms with Crippen LogP contribution in [0.3, 0.4) is 0 Å². The average Bonchev–Trinajstić information content (AvgIpc) is 2.65. The van der Waals surface area contributed by atoms with Gasteiger partial charge in [-0.2, -0.15) is 5.11 Å². The van der Waals surface area contributed by atoms with Crippen LogP contribution in [-0.4, -0.2) is 16.9 Å². The van der Waals surface area contributed by atoms with Crippen molar-refractivity contribution in [3.8, 4) is 0 Å². The summed E-state index contributed by atoms with van der Waals surface area (Å²) >= 11 is 0. The zero-order valence-corrected chi connectivity index (χ0v) is 11.2. The fourth-order valence-corrected chi connectivity index (χ4v) is 1.66. The molecule has 2 aromatic rings. The fourth-order valence-electron chi connectivity index (χ4n) is 1.66. The third-order valence-corrected chi connectivity index (χ3v) is 2.68. The van der Waals surface area contributed by atoms with Gasteiger partial charge in [-0.25, -0.2) is 0 Å². The molecule has 0 saturated heterocycles. The minimum Gasteiger partial charge on any atom is -0.378 e. The Morgan fingerprint density at radius 1 is 1.26 bits per heavy atom. The number of methoxy groups -OCH3 is 1. The lowest BCUT2D eigenvalue weighted by atomic mass is 10.2. The normalized spacial score (nSPS) is 11.3. The first kappa shape index (κ1) is 13.2. The number of nitrogens with one attached hydrogen (secondary N) is 1. The highest BCUT2D eigenvalue weighted by Gasteiger charge is 2.11. The third kappa shape index (κ3) is 2.97. The Balaban J connectivity index is 2.32. The van der Waals surface area contributed by atoms with Gasteiger partial charge < -0.3 is 4.74 Å². The van der Waals surface area contributed by atoms with E-state index in [1.165, 1.54) is 4.68 Å². The molecule has 1 aromatic heterocycles. The van der Waals surface area contributed by atoms with Crippen molar-refractivity contribution in [3.05, 3.63) is 45.9 Å². The minimum absolute atomic E-state index is 0.220. The molecule has 0 fully saturated rings. The smallest absolute Gasteiger partial charge is 0.294 e. The molecule has 0 atom stereocenters. The first-order valence-corrected chi connectivity index (χ1v) is 5.87. The summed E-state index contributed by atoms with van der Waals surface area (Å²) in [4.78, 5) is 11.9. The van der Waals surface area contributed by atoms with Gasteiger partial charge in [0.05, 0.1) is 18.0 Å².